The first-order valence-corrected chi connectivity index (χ1v) is 5.83. The molecule has 0 aromatic carbocycles. The molecule has 72 valence electrons. The zero-order chi connectivity index (χ0) is 8.81. The summed E-state index contributed by atoms with van der Waals surface area (Å²) in [5, 5.41) is 0. The van der Waals surface area contributed by atoms with Gasteiger partial charge in [-0.15, -0.1) is 0 Å². The second kappa shape index (κ2) is 5.61. The molecule has 0 amide bonds. The fourth-order valence-electron chi connectivity index (χ4n) is 2.03. The van der Waals surface area contributed by atoms with Gasteiger partial charge in [-0.05, 0) is 11.8 Å². The largest absolute Gasteiger partial charge is 0.0651 e. The summed E-state index contributed by atoms with van der Waals surface area (Å²) in [6.07, 6.45) is 11.9. The van der Waals surface area contributed by atoms with Crippen LogP contribution in [0.25, 0.3) is 0 Å². The van der Waals surface area contributed by atoms with Crippen LogP contribution in [0.4, 0.5) is 0 Å². The molecule has 0 radical (unpaired) electrons. The molecular formula is C12H24. The standard InChI is InChI=1S/C7H14.C5H10/c1-2-7-5-3-4-6-7;1-5-3-2-4-5/h7H,2-6H2,1H3;5H,2-4H2,1H3. The van der Waals surface area contributed by atoms with Crippen LogP contribution in [-0.2, 0) is 0 Å². The van der Waals surface area contributed by atoms with Gasteiger partial charge in [0.05, 0.1) is 0 Å². The summed E-state index contributed by atoms with van der Waals surface area (Å²) < 4.78 is 0. The molecular weight excluding hydrogens is 144 g/mol. The van der Waals surface area contributed by atoms with E-state index in [1.54, 1.807) is 0 Å². The summed E-state index contributed by atoms with van der Waals surface area (Å²) in [4.78, 5) is 0. The summed E-state index contributed by atoms with van der Waals surface area (Å²) >= 11 is 0. The third kappa shape index (κ3) is 3.60. The SMILES string of the molecule is CC1CCC1.CCC1CCCC1. The highest BCUT2D eigenvalue weighted by Crippen LogP contribution is 2.26. The third-order valence-electron chi connectivity index (χ3n) is 3.45. The van der Waals surface area contributed by atoms with E-state index in [2.05, 4.69) is 13.8 Å². The fraction of sp³-hybridized carbons (Fsp3) is 1.00. The van der Waals surface area contributed by atoms with E-state index in [0.717, 1.165) is 11.8 Å². The van der Waals surface area contributed by atoms with Gasteiger partial charge in [0, 0.05) is 0 Å². The van der Waals surface area contributed by atoms with Gasteiger partial charge in [-0.3, -0.25) is 0 Å². The molecule has 0 nitrogen and oxygen atoms in total. The lowest BCUT2D eigenvalue weighted by Crippen LogP contribution is -2.04. The van der Waals surface area contributed by atoms with Crippen molar-refractivity contribution in [3.8, 4) is 0 Å². The average molecular weight is 168 g/mol. The van der Waals surface area contributed by atoms with Gasteiger partial charge >= 0.3 is 0 Å². The van der Waals surface area contributed by atoms with E-state index in [0.29, 0.717) is 0 Å². The first-order chi connectivity index (χ1) is 5.83. The Balaban J connectivity index is 0.000000127. The predicted molar refractivity (Wildman–Crippen MR) is 55.3 cm³/mol. The van der Waals surface area contributed by atoms with Gasteiger partial charge in [-0.1, -0.05) is 65.2 Å². The normalized spacial score (nSPS) is 24.5. The van der Waals surface area contributed by atoms with E-state index < -0.39 is 0 Å². The molecule has 2 rings (SSSR count). The Bertz CT molecular complexity index is 96.6. The van der Waals surface area contributed by atoms with Crippen molar-refractivity contribution in [1.82, 2.24) is 0 Å². The summed E-state index contributed by atoms with van der Waals surface area (Å²) in [6.45, 7) is 4.61. The lowest BCUT2D eigenvalue weighted by molar-refractivity contribution is 0.346. The molecule has 0 aromatic rings. The molecule has 0 saturated heterocycles. The molecule has 0 aromatic heterocycles. The van der Waals surface area contributed by atoms with Crippen molar-refractivity contribution in [3.05, 3.63) is 0 Å². The molecule has 2 saturated carbocycles. The second-order valence-electron chi connectivity index (χ2n) is 4.59. The second-order valence-corrected chi connectivity index (χ2v) is 4.59. The Morgan fingerprint density at radius 3 is 1.58 bits per heavy atom. The highest BCUT2D eigenvalue weighted by Gasteiger charge is 2.11. The van der Waals surface area contributed by atoms with Crippen LogP contribution in [0.5, 0.6) is 0 Å². The minimum absolute atomic E-state index is 1.06. The van der Waals surface area contributed by atoms with E-state index in [-0.39, 0.29) is 0 Å². The van der Waals surface area contributed by atoms with Crippen LogP contribution in [0.3, 0.4) is 0 Å². The van der Waals surface area contributed by atoms with Crippen molar-refractivity contribution in [2.75, 3.05) is 0 Å². The van der Waals surface area contributed by atoms with Crippen LogP contribution >= 0.6 is 0 Å². The van der Waals surface area contributed by atoms with Crippen LogP contribution in [-0.4, -0.2) is 0 Å². The van der Waals surface area contributed by atoms with Gasteiger partial charge in [0.1, 0.15) is 0 Å². The van der Waals surface area contributed by atoms with E-state index in [1.807, 2.05) is 0 Å². The highest BCUT2D eigenvalue weighted by molar-refractivity contribution is 4.64. The van der Waals surface area contributed by atoms with Crippen molar-refractivity contribution in [2.45, 2.75) is 65.2 Å². The monoisotopic (exact) mass is 168 g/mol. The molecule has 2 aliphatic carbocycles. The Labute approximate surface area is 77.7 Å². The summed E-state index contributed by atoms with van der Waals surface area (Å²) in [7, 11) is 0. The third-order valence-corrected chi connectivity index (χ3v) is 3.45. The van der Waals surface area contributed by atoms with Crippen LogP contribution in [0, 0.1) is 11.8 Å². The zero-order valence-electron chi connectivity index (χ0n) is 8.81. The van der Waals surface area contributed by atoms with E-state index in [4.69, 9.17) is 0 Å². The van der Waals surface area contributed by atoms with Crippen molar-refractivity contribution in [2.24, 2.45) is 11.8 Å². The lowest BCUT2D eigenvalue weighted by Gasteiger charge is -2.18. The first-order valence-electron chi connectivity index (χ1n) is 5.83. The Hall–Kier alpha value is 0. The predicted octanol–water partition coefficient (Wildman–Crippen LogP) is 4.39. The van der Waals surface area contributed by atoms with E-state index >= 15 is 0 Å². The average Bonchev–Trinajstić information content (AvgIpc) is 2.53. The lowest BCUT2D eigenvalue weighted by atomic mass is 9.88. The van der Waals surface area contributed by atoms with Crippen molar-refractivity contribution < 1.29 is 0 Å². The van der Waals surface area contributed by atoms with E-state index in [9.17, 15) is 0 Å². The maximum atomic E-state index is 2.31. The van der Waals surface area contributed by atoms with Gasteiger partial charge in [-0.25, -0.2) is 0 Å². The Morgan fingerprint density at radius 1 is 0.917 bits per heavy atom. The summed E-state index contributed by atoms with van der Waals surface area (Å²) in [5.74, 6) is 2.16. The van der Waals surface area contributed by atoms with Crippen molar-refractivity contribution >= 4 is 0 Å². The van der Waals surface area contributed by atoms with Gasteiger partial charge in [-0.2, -0.15) is 0 Å². The number of hydrogen-bond donors (Lipinski definition) is 0. The molecule has 0 heteroatoms. The zero-order valence-corrected chi connectivity index (χ0v) is 8.81. The smallest absolute Gasteiger partial charge is 0.0417 e. The molecule has 0 heterocycles. The summed E-state index contributed by atoms with van der Waals surface area (Å²) in [6, 6.07) is 0. The summed E-state index contributed by atoms with van der Waals surface area (Å²) in [5.41, 5.74) is 0. The Morgan fingerprint density at radius 2 is 1.42 bits per heavy atom. The van der Waals surface area contributed by atoms with Crippen molar-refractivity contribution in [1.29, 1.82) is 0 Å². The molecule has 2 aliphatic rings. The van der Waals surface area contributed by atoms with Gasteiger partial charge < -0.3 is 0 Å². The molecule has 2 fully saturated rings. The Kier molecular flexibility index (Phi) is 4.72. The maximum absolute atomic E-state index is 2.31. The van der Waals surface area contributed by atoms with Gasteiger partial charge in [0.15, 0.2) is 0 Å². The topological polar surface area (TPSA) is 0 Å². The molecule has 0 bridgehead atoms. The van der Waals surface area contributed by atoms with Crippen molar-refractivity contribution in [3.63, 3.8) is 0 Å². The van der Waals surface area contributed by atoms with Crippen LogP contribution in [0.15, 0.2) is 0 Å². The molecule has 0 spiro atoms. The molecule has 0 atom stereocenters. The quantitative estimate of drug-likeness (QED) is 0.544. The number of hydrogen-bond acceptors (Lipinski definition) is 0. The molecule has 12 heavy (non-hydrogen) atoms. The molecule has 0 N–H and O–H groups in total. The van der Waals surface area contributed by atoms with E-state index in [1.165, 1.54) is 51.4 Å². The fourth-order valence-corrected chi connectivity index (χ4v) is 2.03. The van der Waals surface area contributed by atoms with Gasteiger partial charge in [0.2, 0.25) is 0 Å². The van der Waals surface area contributed by atoms with Crippen LogP contribution in [0.2, 0.25) is 0 Å². The first kappa shape index (κ1) is 10.1. The maximum Gasteiger partial charge on any atom is -0.0417 e. The number of rotatable bonds is 1. The molecule has 0 aliphatic heterocycles. The van der Waals surface area contributed by atoms with Crippen LogP contribution < -0.4 is 0 Å². The molecule has 0 unspecified atom stereocenters. The minimum Gasteiger partial charge on any atom is -0.0651 e. The van der Waals surface area contributed by atoms with Crippen LogP contribution in [0.1, 0.15) is 65.2 Å². The highest BCUT2D eigenvalue weighted by atomic mass is 14.2. The van der Waals surface area contributed by atoms with Gasteiger partial charge in [0.25, 0.3) is 0 Å². The minimum atomic E-state index is 1.06.